The molecule has 0 spiro atoms. The van der Waals surface area contributed by atoms with E-state index in [1.54, 1.807) is 0 Å². The fourth-order valence-electron chi connectivity index (χ4n) is 2.37. The zero-order chi connectivity index (χ0) is 14.2. The number of hydrogen-bond donors (Lipinski definition) is 1. The molecule has 1 unspecified atom stereocenters. The minimum atomic E-state index is 0.308. The van der Waals surface area contributed by atoms with Gasteiger partial charge in [0, 0.05) is 17.0 Å². The molecule has 0 saturated heterocycles. The van der Waals surface area contributed by atoms with Crippen LogP contribution in [0.5, 0.6) is 11.5 Å². The van der Waals surface area contributed by atoms with E-state index in [2.05, 4.69) is 31.1 Å². The zero-order valence-electron chi connectivity index (χ0n) is 12.1. The number of thioether (sulfide) groups is 1. The molecule has 1 aromatic rings. The third kappa shape index (κ3) is 3.20. The smallest absolute Gasteiger partial charge is 0.231 e. The van der Waals surface area contributed by atoms with Crippen LogP contribution in [-0.2, 0) is 0 Å². The Balaban J connectivity index is 1.59. The molecule has 0 amide bonds. The van der Waals surface area contributed by atoms with Crippen molar-refractivity contribution in [2.45, 2.75) is 32.4 Å². The van der Waals surface area contributed by atoms with E-state index in [4.69, 9.17) is 9.47 Å². The summed E-state index contributed by atoms with van der Waals surface area (Å²) in [5.41, 5.74) is 1.35. The van der Waals surface area contributed by atoms with Crippen LogP contribution in [0.25, 0.3) is 0 Å². The van der Waals surface area contributed by atoms with Gasteiger partial charge in [0.1, 0.15) is 0 Å². The van der Waals surface area contributed by atoms with Crippen LogP contribution >= 0.6 is 11.8 Å². The number of amidine groups is 1. The Morgan fingerprint density at radius 1 is 1.30 bits per heavy atom. The van der Waals surface area contributed by atoms with E-state index in [0.29, 0.717) is 17.5 Å². The maximum atomic E-state index is 5.38. The van der Waals surface area contributed by atoms with Crippen molar-refractivity contribution in [2.75, 3.05) is 18.7 Å². The quantitative estimate of drug-likeness (QED) is 0.902. The van der Waals surface area contributed by atoms with E-state index in [0.717, 1.165) is 28.9 Å². The number of hydrogen-bond acceptors (Lipinski definition) is 5. The molecular formula is C15H20N2O2S. The van der Waals surface area contributed by atoms with Gasteiger partial charge in [-0.15, -0.1) is 0 Å². The van der Waals surface area contributed by atoms with Crippen LogP contribution in [0.3, 0.4) is 0 Å². The molecule has 0 aliphatic carbocycles. The van der Waals surface area contributed by atoms with Crippen molar-refractivity contribution in [1.82, 2.24) is 0 Å². The van der Waals surface area contributed by atoms with Crippen LogP contribution in [0, 0.1) is 5.41 Å². The highest BCUT2D eigenvalue weighted by Gasteiger charge is 2.25. The Kier molecular flexibility index (Phi) is 3.54. The second kappa shape index (κ2) is 5.20. The number of rotatable bonds is 2. The number of aliphatic imine (C=N–C) groups is 1. The highest BCUT2D eigenvalue weighted by Crippen LogP contribution is 2.36. The largest absolute Gasteiger partial charge is 0.454 e. The molecule has 1 aromatic carbocycles. The van der Waals surface area contributed by atoms with Gasteiger partial charge in [-0.05, 0) is 24.0 Å². The highest BCUT2D eigenvalue weighted by atomic mass is 32.2. The Morgan fingerprint density at radius 2 is 2.10 bits per heavy atom. The van der Waals surface area contributed by atoms with Gasteiger partial charge in [-0.3, -0.25) is 4.99 Å². The predicted molar refractivity (Wildman–Crippen MR) is 83.9 cm³/mol. The van der Waals surface area contributed by atoms with Crippen molar-refractivity contribution in [3.8, 4) is 11.5 Å². The Hall–Kier alpha value is -1.36. The zero-order valence-corrected chi connectivity index (χ0v) is 12.9. The number of nitrogens with zero attached hydrogens (tertiary/aromatic N) is 1. The monoisotopic (exact) mass is 292 g/mol. The fraction of sp³-hybridized carbons (Fsp3) is 0.533. The topological polar surface area (TPSA) is 42.9 Å². The van der Waals surface area contributed by atoms with Crippen LogP contribution in [0.2, 0.25) is 0 Å². The molecule has 2 aliphatic rings. The maximum absolute atomic E-state index is 5.38. The first-order chi connectivity index (χ1) is 9.49. The summed E-state index contributed by atoms with van der Waals surface area (Å²) >= 11 is 1.83. The van der Waals surface area contributed by atoms with Gasteiger partial charge in [0.25, 0.3) is 0 Å². The molecule has 0 bridgehead atoms. The van der Waals surface area contributed by atoms with Crippen molar-refractivity contribution >= 4 is 22.6 Å². The standard InChI is InChI=1S/C15H20N2O2S/c1-15(2,3)7-11-8-16-14(20-11)17-10-4-5-12-13(6-10)19-9-18-12/h4-6,11H,7-9H2,1-3H3,(H,16,17). The first-order valence-corrected chi connectivity index (χ1v) is 7.75. The fourth-order valence-corrected chi connectivity index (χ4v) is 3.75. The lowest BCUT2D eigenvalue weighted by Crippen LogP contribution is -2.16. The minimum absolute atomic E-state index is 0.308. The van der Waals surface area contributed by atoms with Crippen molar-refractivity contribution < 1.29 is 9.47 Å². The molecule has 1 atom stereocenters. The summed E-state index contributed by atoms with van der Waals surface area (Å²) in [6, 6.07) is 5.88. The first kappa shape index (κ1) is 13.6. The van der Waals surface area contributed by atoms with E-state index in [9.17, 15) is 0 Å². The molecule has 1 N–H and O–H groups in total. The average molecular weight is 292 g/mol. The van der Waals surface area contributed by atoms with Crippen LogP contribution in [0.1, 0.15) is 27.2 Å². The highest BCUT2D eigenvalue weighted by molar-refractivity contribution is 8.15. The second-order valence-electron chi connectivity index (χ2n) is 6.34. The molecule has 0 saturated carbocycles. The van der Waals surface area contributed by atoms with Crippen LogP contribution < -0.4 is 14.8 Å². The van der Waals surface area contributed by atoms with E-state index in [1.807, 2.05) is 30.0 Å². The first-order valence-electron chi connectivity index (χ1n) is 6.87. The molecule has 2 heterocycles. The number of fused-ring (bicyclic) bond motifs is 1. The minimum Gasteiger partial charge on any atom is -0.454 e. The Labute approximate surface area is 123 Å². The van der Waals surface area contributed by atoms with Crippen molar-refractivity contribution in [3.63, 3.8) is 0 Å². The SMILES string of the molecule is CC(C)(C)CC1CN=C(Nc2ccc3c(c2)OCO3)S1. The summed E-state index contributed by atoms with van der Waals surface area (Å²) in [7, 11) is 0. The van der Waals surface area contributed by atoms with Gasteiger partial charge < -0.3 is 14.8 Å². The molecule has 3 rings (SSSR count). The number of anilines is 1. The third-order valence-corrected chi connectivity index (χ3v) is 4.28. The number of ether oxygens (including phenoxy) is 2. The van der Waals surface area contributed by atoms with Gasteiger partial charge >= 0.3 is 0 Å². The Morgan fingerprint density at radius 3 is 2.90 bits per heavy atom. The van der Waals surface area contributed by atoms with Crippen LogP contribution in [0.15, 0.2) is 23.2 Å². The summed E-state index contributed by atoms with van der Waals surface area (Å²) in [5, 5.41) is 4.94. The van der Waals surface area contributed by atoms with E-state index < -0.39 is 0 Å². The summed E-state index contributed by atoms with van der Waals surface area (Å²) in [6.07, 6.45) is 1.17. The van der Waals surface area contributed by atoms with E-state index in [1.165, 1.54) is 6.42 Å². The van der Waals surface area contributed by atoms with Gasteiger partial charge in [-0.25, -0.2) is 0 Å². The predicted octanol–water partition coefficient (Wildman–Crippen LogP) is 3.73. The van der Waals surface area contributed by atoms with Crippen LogP contribution in [0.4, 0.5) is 5.69 Å². The lowest BCUT2D eigenvalue weighted by molar-refractivity contribution is 0.174. The van der Waals surface area contributed by atoms with Crippen molar-refractivity contribution in [1.29, 1.82) is 0 Å². The molecule has 5 heteroatoms. The number of nitrogens with one attached hydrogen (secondary N) is 1. The summed E-state index contributed by atoms with van der Waals surface area (Å²) < 4.78 is 10.7. The van der Waals surface area contributed by atoms with Gasteiger partial charge in [0.2, 0.25) is 6.79 Å². The molecule has 4 nitrogen and oxygen atoms in total. The number of benzene rings is 1. The molecule has 0 fully saturated rings. The third-order valence-electron chi connectivity index (χ3n) is 3.18. The summed E-state index contributed by atoms with van der Waals surface area (Å²) in [6.45, 7) is 8.03. The summed E-state index contributed by atoms with van der Waals surface area (Å²) in [5.74, 6) is 1.60. The van der Waals surface area contributed by atoms with Crippen molar-refractivity contribution in [3.05, 3.63) is 18.2 Å². The van der Waals surface area contributed by atoms with Gasteiger partial charge in [-0.2, -0.15) is 0 Å². The van der Waals surface area contributed by atoms with E-state index in [-0.39, 0.29) is 0 Å². The molecule has 0 aromatic heterocycles. The maximum Gasteiger partial charge on any atom is 0.231 e. The normalized spacial score (nSPS) is 20.9. The summed E-state index contributed by atoms with van der Waals surface area (Å²) in [4.78, 5) is 4.59. The van der Waals surface area contributed by atoms with Gasteiger partial charge in [-0.1, -0.05) is 32.5 Å². The lowest BCUT2D eigenvalue weighted by Gasteiger charge is -2.21. The molecule has 0 radical (unpaired) electrons. The second-order valence-corrected chi connectivity index (χ2v) is 7.63. The molecular weight excluding hydrogens is 272 g/mol. The average Bonchev–Trinajstić information content (AvgIpc) is 2.96. The molecule has 2 aliphatic heterocycles. The van der Waals surface area contributed by atoms with Crippen LogP contribution in [-0.4, -0.2) is 23.8 Å². The Bertz CT molecular complexity index is 537. The molecule has 20 heavy (non-hydrogen) atoms. The lowest BCUT2D eigenvalue weighted by atomic mass is 9.90. The van der Waals surface area contributed by atoms with Gasteiger partial charge in [0.15, 0.2) is 16.7 Å². The van der Waals surface area contributed by atoms with E-state index >= 15 is 0 Å². The van der Waals surface area contributed by atoms with Gasteiger partial charge in [0.05, 0.1) is 6.54 Å². The molecule has 108 valence electrons. The van der Waals surface area contributed by atoms with Crippen molar-refractivity contribution in [2.24, 2.45) is 10.4 Å².